The van der Waals surface area contributed by atoms with Crippen molar-refractivity contribution in [2.45, 2.75) is 30.7 Å². The van der Waals surface area contributed by atoms with E-state index in [1.54, 1.807) is 24.3 Å². The van der Waals surface area contributed by atoms with Crippen molar-refractivity contribution < 1.29 is 13.2 Å². The van der Waals surface area contributed by atoms with Gasteiger partial charge >= 0.3 is 0 Å². The summed E-state index contributed by atoms with van der Waals surface area (Å²) in [6.07, 6.45) is 1.89. The van der Waals surface area contributed by atoms with Crippen LogP contribution in [0.3, 0.4) is 0 Å². The van der Waals surface area contributed by atoms with Crippen LogP contribution in [-0.4, -0.2) is 40.0 Å². The first kappa shape index (κ1) is 16.7. The van der Waals surface area contributed by atoms with Crippen LogP contribution in [0, 0.1) is 5.92 Å². The van der Waals surface area contributed by atoms with Crippen LogP contribution in [0.4, 0.5) is 0 Å². The van der Waals surface area contributed by atoms with Gasteiger partial charge in [-0.3, -0.25) is 0 Å². The number of halogens is 1. The van der Waals surface area contributed by atoms with Crippen LogP contribution in [0.1, 0.15) is 19.8 Å². The van der Waals surface area contributed by atoms with Crippen molar-refractivity contribution in [3.05, 3.63) is 29.3 Å². The molecule has 0 spiro atoms. The first-order valence-electron chi connectivity index (χ1n) is 7.32. The molecule has 0 amide bonds. The molecule has 1 saturated heterocycles. The van der Waals surface area contributed by atoms with Crippen molar-refractivity contribution in [2.24, 2.45) is 5.92 Å². The largest absolute Gasteiger partial charge is 0.381 e. The zero-order chi connectivity index (χ0) is 15.3. The van der Waals surface area contributed by atoms with Gasteiger partial charge in [0, 0.05) is 23.6 Å². The Morgan fingerprint density at radius 1 is 1.38 bits per heavy atom. The lowest BCUT2D eigenvalue weighted by Crippen LogP contribution is -2.42. The molecule has 118 valence electrons. The van der Waals surface area contributed by atoms with Gasteiger partial charge in [0.15, 0.2) is 9.84 Å². The van der Waals surface area contributed by atoms with Crippen molar-refractivity contribution in [1.82, 2.24) is 5.32 Å². The lowest BCUT2D eigenvalue weighted by molar-refractivity contribution is 0.178. The van der Waals surface area contributed by atoms with Gasteiger partial charge < -0.3 is 10.1 Å². The van der Waals surface area contributed by atoms with Crippen LogP contribution in [0.5, 0.6) is 0 Å². The molecule has 4 nitrogen and oxygen atoms in total. The Hall–Kier alpha value is -0.620. The van der Waals surface area contributed by atoms with E-state index in [4.69, 9.17) is 16.3 Å². The Labute approximate surface area is 131 Å². The van der Waals surface area contributed by atoms with E-state index in [1.807, 2.05) is 0 Å². The molecule has 2 unspecified atom stereocenters. The van der Waals surface area contributed by atoms with Crippen molar-refractivity contribution in [3.8, 4) is 0 Å². The average Bonchev–Trinajstić information content (AvgIpc) is 2.98. The Kier molecular flexibility index (Phi) is 6.05. The summed E-state index contributed by atoms with van der Waals surface area (Å²) in [4.78, 5) is 0.328. The van der Waals surface area contributed by atoms with E-state index in [0.29, 0.717) is 16.5 Å². The SMILES string of the molecule is CCCNC(CS(=O)(=O)c1ccc(Cl)cc1)C1CCOC1. The molecule has 0 aliphatic carbocycles. The van der Waals surface area contributed by atoms with Gasteiger partial charge in [-0.2, -0.15) is 0 Å². The maximum absolute atomic E-state index is 12.5. The normalized spacial score (nSPS) is 20.6. The molecule has 1 aromatic carbocycles. The number of hydrogen-bond acceptors (Lipinski definition) is 4. The van der Waals surface area contributed by atoms with Crippen molar-refractivity contribution in [1.29, 1.82) is 0 Å². The van der Waals surface area contributed by atoms with E-state index in [2.05, 4.69) is 12.2 Å². The summed E-state index contributed by atoms with van der Waals surface area (Å²) >= 11 is 5.82. The molecule has 0 saturated carbocycles. The molecule has 1 heterocycles. The van der Waals surface area contributed by atoms with Crippen molar-refractivity contribution >= 4 is 21.4 Å². The molecular weight excluding hydrogens is 310 g/mol. The molecule has 6 heteroatoms. The highest BCUT2D eigenvalue weighted by Crippen LogP contribution is 2.22. The summed E-state index contributed by atoms with van der Waals surface area (Å²) < 4.78 is 30.5. The van der Waals surface area contributed by atoms with E-state index in [1.165, 1.54) is 0 Å². The Bertz CT molecular complexity index is 539. The zero-order valence-electron chi connectivity index (χ0n) is 12.2. The van der Waals surface area contributed by atoms with Crippen LogP contribution in [0.2, 0.25) is 5.02 Å². The summed E-state index contributed by atoms with van der Waals surface area (Å²) in [5.74, 6) is 0.362. The zero-order valence-corrected chi connectivity index (χ0v) is 13.8. The van der Waals surface area contributed by atoms with Gasteiger partial charge in [-0.1, -0.05) is 18.5 Å². The Morgan fingerprint density at radius 3 is 2.67 bits per heavy atom. The highest BCUT2D eigenvalue weighted by Gasteiger charge is 2.30. The number of nitrogens with one attached hydrogen (secondary N) is 1. The van der Waals surface area contributed by atoms with Crippen LogP contribution < -0.4 is 5.32 Å². The third kappa shape index (κ3) is 4.68. The van der Waals surface area contributed by atoms with E-state index in [9.17, 15) is 8.42 Å². The third-order valence-corrected chi connectivity index (χ3v) is 5.80. The summed E-state index contributed by atoms with van der Waals surface area (Å²) in [5.41, 5.74) is 0. The van der Waals surface area contributed by atoms with E-state index in [0.717, 1.165) is 26.0 Å². The number of benzene rings is 1. The van der Waals surface area contributed by atoms with Gasteiger partial charge in [0.2, 0.25) is 0 Å². The van der Waals surface area contributed by atoms with Gasteiger partial charge in [0.1, 0.15) is 0 Å². The lowest BCUT2D eigenvalue weighted by Gasteiger charge is -2.23. The molecule has 0 bridgehead atoms. The Balaban J connectivity index is 2.11. The third-order valence-electron chi connectivity index (χ3n) is 3.76. The quantitative estimate of drug-likeness (QED) is 0.834. The second-order valence-corrected chi connectivity index (χ2v) is 7.89. The second-order valence-electron chi connectivity index (χ2n) is 5.42. The standard InChI is InChI=1S/C15H22ClNO3S/c1-2-8-17-15(12-7-9-20-10-12)11-21(18,19)14-5-3-13(16)4-6-14/h3-6,12,15,17H,2,7-11H2,1H3. The average molecular weight is 332 g/mol. The predicted molar refractivity (Wildman–Crippen MR) is 84.5 cm³/mol. The monoisotopic (exact) mass is 331 g/mol. The second kappa shape index (κ2) is 7.58. The molecule has 21 heavy (non-hydrogen) atoms. The molecule has 2 atom stereocenters. The molecule has 1 fully saturated rings. The minimum atomic E-state index is -3.32. The van der Waals surface area contributed by atoms with Crippen LogP contribution >= 0.6 is 11.6 Å². The van der Waals surface area contributed by atoms with Gasteiger partial charge in [0.05, 0.1) is 17.3 Å². The summed E-state index contributed by atoms with van der Waals surface area (Å²) in [7, 11) is -3.32. The lowest BCUT2D eigenvalue weighted by atomic mass is 10.0. The smallest absolute Gasteiger partial charge is 0.179 e. The first-order valence-corrected chi connectivity index (χ1v) is 9.35. The fraction of sp³-hybridized carbons (Fsp3) is 0.600. The molecule has 1 aromatic rings. The van der Waals surface area contributed by atoms with Crippen molar-refractivity contribution in [2.75, 3.05) is 25.5 Å². The van der Waals surface area contributed by atoms with Gasteiger partial charge in [-0.05, 0) is 43.7 Å². The predicted octanol–water partition coefficient (Wildman–Crippen LogP) is 2.52. The van der Waals surface area contributed by atoms with Crippen LogP contribution in [0.15, 0.2) is 29.2 Å². The molecule has 0 aromatic heterocycles. The van der Waals surface area contributed by atoms with Crippen LogP contribution in [-0.2, 0) is 14.6 Å². The van der Waals surface area contributed by atoms with Crippen LogP contribution in [0.25, 0.3) is 0 Å². The number of ether oxygens (including phenoxy) is 1. The number of hydrogen-bond donors (Lipinski definition) is 1. The Morgan fingerprint density at radius 2 is 2.10 bits per heavy atom. The fourth-order valence-corrected chi connectivity index (χ4v) is 4.27. The van der Waals surface area contributed by atoms with Gasteiger partial charge in [-0.15, -0.1) is 0 Å². The minimum Gasteiger partial charge on any atom is -0.381 e. The first-order chi connectivity index (χ1) is 10.0. The number of rotatable bonds is 7. The van der Waals surface area contributed by atoms with Crippen molar-refractivity contribution in [3.63, 3.8) is 0 Å². The summed E-state index contributed by atoms with van der Waals surface area (Å²) in [6.45, 7) is 4.24. The molecule has 1 aliphatic heterocycles. The summed E-state index contributed by atoms with van der Waals surface area (Å²) in [5, 5.41) is 3.90. The molecule has 1 aliphatic rings. The van der Waals surface area contributed by atoms with Gasteiger partial charge in [-0.25, -0.2) is 8.42 Å². The number of sulfone groups is 1. The van der Waals surface area contributed by atoms with E-state index >= 15 is 0 Å². The van der Waals surface area contributed by atoms with E-state index in [-0.39, 0.29) is 17.7 Å². The molecular formula is C15H22ClNO3S. The molecule has 0 radical (unpaired) electrons. The fourth-order valence-electron chi connectivity index (χ4n) is 2.54. The summed E-state index contributed by atoms with van der Waals surface area (Å²) in [6, 6.07) is 6.30. The topological polar surface area (TPSA) is 55.4 Å². The molecule has 2 rings (SSSR count). The van der Waals surface area contributed by atoms with E-state index < -0.39 is 9.84 Å². The molecule has 1 N–H and O–H groups in total. The minimum absolute atomic E-state index is 0.0619. The highest BCUT2D eigenvalue weighted by atomic mass is 35.5. The van der Waals surface area contributed by atoms with Gasteiger partial charge in [0.25, 0.3) is 0 Å². The maximum Gasteiger partial charge on any atom is 0.179 e. The highest BCUT2D eigenvalue weighted by molar-refractivity contribution is 7.91. The maximum atomic E-state index is 12.5.